The molecule has 28 heavy (non-hydrogen) atoms. The zero-order chi connectivity index (χ0) is 21.1. The molecule has 6 nitrogen and oxygen atoms in total. The molecule has 2 aromatic rings. The van der Waals surface area contributed by atoms with Gasteiger partial charge in [-0.1, -0.05) is 25.1 Å². The molecule has 1 amide bonds. The van der Waals surface area contributed by atoms with E-state index in [9.17, 15) is 13.2 Å². The summed E-state index contributed by atoms with van der Waals surface area (Å²) >= 11 is 0. The fraction of sp³-hybridized carbons (Fsp3) is 0.381. The molecule has 2 rings (SSSR count). The lowest BCUT2D eigenvalue weighted by Crippen LogP contribution is -2.29. The highest BCUT2D eigenvalue weighted by Gasteiger charge is 2.19. The first-order chi connectivity index (χ1) is 13.1. The molecule has 0 unspecified atom stereocenters. The quantitative estimate of drug-likeness (QED) is 0.765. The SMILES string of the molecule is CC[C@@H](NC(=O)c1ccc(C)c(N(C)S(C)(=O)=O)c1)c1ccc(OC)c(C)c1. The van der Waals surface area contributed by atoms with Crippen molar-refractivity contribution in [3.63, 3.8) is 0 Å². The predicted molar refractivity (Wildman–Crippen MR) is 113 cm³/mol. The largest absolute Gasteiger partial charge is 0.496 e. The van der Waals surface area contributed by atoms with Gasteiger partial charge in [0, 0.05) is 12.6 Å². The number of carbonyl (C=O) groups is 1. The van der Waals surface area contributed by atoms with Crippen LogP contribution >= 0.6 is 0 Å². The molecule has 7 heteroatoms. The van der Waals surface area contributed by atoms with Gasteiger partial charge in [-0.05, 0) is 55.2 Å². The first-order valence-corrected chi connectivity index (χ1v) is 10.9. The Labute approximate surface area is 167 Å². The van der Waals surface area contributed by atoms with Crippen LogP contribution < -0.4 is 14.4 Å². The van der Waals surface area contributed by atoms with Crippen molar-refractivity contribution in [3.05, 3.63) is 58.7 Å². The normalized spacial score (nSPS) is 12.4. The second-order valence-corrected chi connectivity index (χ2v) is 8.91. The number of sulfonamides is 1. The maximum absolute atomic E-state index is 12.8. The Morgan fingerprint density at radius 1 is 1.14 bits per heavy atom. The Morgan fingerprint density at radius 2 is 1.82 bits per heavy atom. The lowest BCUT2D eigenvalue weighted by molar-refractivity contribution is 0.0935. The van der Waals surface area contributed by atoms with Crippen molar-refractivity contribution < 1.29 is 17.9 Å². The molecule has 0 fully saturated rings. The van der Waals surface area contributed by atoms with Crippen molar-refractivity contribution in [3.8, 4) is 5.75 Å². The van der Waals surface area contributed by atoms with Gasteiger partial charge in [-0.2, -0.15) is 0 Å². The van der Waals surface area contributed by atoms with Crippen LogP contribution in [0.1, 0.15) is 46.4 Å². The highest BCUT2D eigenvalue weighted by molar-refractivity contribution is 7.92. The summed E-state index contributed by atoms with van der Waals surface area (Å²) in [6, 6.07) is 10.8. The molecule has 0 spiro atoms. The van der Waals surface area contributed by atoms with E-state index in [1.54, 1.807) is 25.3 Å². The van der Waals surface area contributed by atoms with Crippen LogP contribution in [-0.4, -0.2) is 34.7 Å². The van der Waals surface area contributed by atoms with Crippen LogP contribution in [0, 0.1) is 13.8 Å². The number of methoxy groups -OCH3 is 1. The maximum Gasteiger partial charge on any atom is 0.251 e. The molecule has 0 aliphatic heterocycles. The minimum Gasteiger partial charge on any atom is -0.496 e. The third kappa shape index (κ3) is 4.84. The maximum atomic E-state index is 12.8. The van der Waals surface area contributed by atoms with Crippen molar-refractivity contribution in [2.24, 2.45) is 0 Å². The number of ether oxygens (including phenoxy) is 1. The van der Waals surface area contributed by atoms with Crippen molar-refractivity contribution in [2.45, 2.75) is 33.2 Å². The monoisotopic (exact) mass is 404 g/mol. The standard InChI is InChI=1S/C21H28N2O4S/c1-7-18(16-10-11-20(27-5)15(3)12-16)22-21(24)17-9-8-14(2)19(13-17)23(4)28(6,25)26/h8-13,18H,7H2,1-6H3,(H,22,24)/t18-/m1/s1. The number of nitrogens with zero attached hydrogens (tertiary/aromatic N) is 1. The van der Waals surface area contributed by atoms with Gasteiger partial charge >= 0.3 is 0 Å². The molecular weight excluding hydrogens is 376 g/mol. The average Bonchev–Trinajstić information content (AvgIpc) is 2.64. The van der Waals surface area contributed by atoms with Crippen LogP contribution in [-0.2, 0) is 10.0 Å². The van der Waals surface area contributed by atoms with Gasteiger partial charge in [-0.3, -0.25) is 9.10 Å². The molecule has 1 atom stereocenters. The van der Waals surface area contributed by atoms with Crippen LogP contribution in [0.5, 0.6) is 5.75 Å². The lowest BCUT2D eigenvalue weighted by Gasteiger charge is -2.21. The van der Waals surface area contributed by atoms with Crippen LogP contribution in [0.15, 0.2) is 36.4 Å². The molecule has 0 saturated carbocycles. The van der Waals surface area contributed by atoms with E-state index < -0.39 is 10.0 Å². The van der Waals surface area contributed by atoms with Crippen LogP contribution in [0.2, 0.25) is 0 Å². The molecule has 0 bridgehead atoms. The van der Waals surface area contributed by atoms with Gasteiger partial charge < -0.3 is 10.1 Å². The summed E-state index contributed by atoms with van der Waals surface area (Å²) in [5, 5.41) is 3.04. The number of rotatable bonds is 7. The summed E-state index contributed by atoms with van der Waals surface area (Å²) in [6.45, 7) is 5.78. The number of hydrogen-bond donors (Lipinski definition) is 1. The predicted octanol–water partition coefficient (Wildman–Crippen LogP) is 3.59. The molecule has 152 valence electrons. The van der Waals surface area contributed by atoms with Crippen LogP contribution in [0.3, 0.4) is 0 Å². The molecule has 0 saturated heterocycles. The van der Waals surface area contributed by atoms with Crippen molar-refractivity contribution >= 4 is 21.6 Å². The van der Waals surface area contributed by atoms with E-state index in [4.69, 9.17) is 4.74 Å². The van der Waals surface area contributed by atoms with E-state index in [0.29, 0.717) is 11.3 Å². The van der Waals surface area contributed by atoms with Crippen molar-refractivity contribution in [1.29, 1.82) is 0 Å². The minimum atomic E-state index is -3.41. The number of anilines is 1. The van der Waals surface area contributed by atoms with Gasteiger partial charge in [-0.15, -0.1) is 0 Å². The van der Waals surface area contributed by atoms with Crippen molar-refractivity contribution in [1.82, 2.24) is 5.32 Å². The Bertz CT molecular complexity index is 970. The second kappa shape index (κ2) is 8.65. The van der Waals surface area contributed by atoms with E-state index in [1.165, 1.54) is 11.4 Å². The molecule has 0 aliphatic rings. The van der Waals surface area contributed by atoms with Crippen LogP contribution in [0.25, 0.3) is 0 Å². The van der Waals surface area contributed by atoms with E-state index in [0.717, 1.165) is 35.1 Å². The van der Waals surface area contributed by atoms with Gasteiger partial charge in [-0.25, -0.2) is 8.42 Å². The van der Waals surface area contributed by atoms with Crippen LogP contribution in [0.4, 0.5) is 5.69 Å². The Morgan fingerprint density at radius 3 is 2.36 bits per heavy atom. The first kappa shape index (κ1) is 21.8. The third-order valence-electron chi connectivity index (χ3n) is 4.84. The molecule has 0 aliphatic carbocycles. The fourth-order valence-electron chi connectivity index (χ4n) is 3.05. The second-order valence-electron chi connectivity index (χ2n) is 6.90. The van der Waals surface area contributed by atoms with E-state index in [2.05, 4.69) is 5.32 Å². The molecule has 1 N–H and O–H groups in total. The summed E-state index contributed by atoms with van der Waals surface area (Å²) in [7, 11) is -0.304. The molecular formula is C21H28N2O4S. The number of nitrogens with one attached hydrogen (secondary N) is 1. The Hall–Kier alpha value is -2.54. The topological polar surface area (TPSA) is 75.7 Å². The fourth-order valence-corrected chi connectivity index (χ4v) is 3.60. The summed E-state index contributed by atoms with van der Waals surface area (Å²) in [5.74, 6) is 0.556. The highest BCUT2D eigenvalue weighted by Crippen LogP contribution is 2.26. The summed E-state index contributed by atoms with van der Waals surface area (Å²) < 4.78 is 30.2. The molecule has 0 radical (unpaired) electrons. The summed E-state index contributed by atoms with van der Waals surface area (Å²) in [6.07, 6.45) is 1.86. The zero-order valence-electron chi connectivity index (χ0n) is 17.2. The van der Waals surface area contributed by atoms with Gasteiger partial charge in [0.1, 0.15) is 5.75 Å². The van der Waals surface area contributed by atoms with E-state index >= 15 is 0 Å². The minimum absolute atomic E-state index is 0.158. The zero-order valence-corrected chi connectivity index (χ0v) is 18.1. The average molecular weight is 405 g/mol. The van der Waals surface area contributed by atoms with Gasteiger partial charge in [0.05, 0.1) is 25.1 Å². The number of hydrogen-bond acceptors (Lipinski definition) is 4. The Balaban J connectivity index is 2.29. The number of amides is 1. The highest BCUT2D eigenvalue weighted by atomic mass is 32.2. The lowest BCUT2D eigenvalue weighted by atomic mass is 10.0. The number of aryl methyl sites for hydroxylation is 2. The third-order valence-corrected chi connectivity index (χ3v) is 6.03. The molecule has 0 aromatic heterocycles. The van der Waals surface area contributed by atoms with E-state index in [-0.39, 0.29) is 11.9 Å². The van der Waals surface area contributed by atoms with Crippen molar-refractivity contribution in [2.75, 3.05) is 24.7 Å². The first-order valence-electron chi connectivity index (χ1n) is 9.08. The van der Waals surface area contributed by atoms with Gasteiger partial charge in [0.2, 0.25) is 10.0 Å². The van der Waals surface area contributed by atoms with E-state index in [1.807, 2.05) is 39.0 Å². The smallest absolute Gasteiger partial charge is 0.251 e. The molecule has 0 heterocycles. The number of benzene rings is 2. The Kier molecular flexibility index (Phi) is 6.72. The summed E-state index contributed by atoms with van der Waals surface area (Å²) in [5.41, 5.74) is 3.68. The number of carbonyl (C=O) groups excluding carboxylic acids is 1. The molecule has 2 aromatic carbocycles. The van der Waals surface area contributed by atoms with Gasteiger partial charge in [0.25, 0.3) is 5.91 Å². The van der Waals surface area contributed by atoms with Gasteiger partial charge in [0.15, 0.2) is 0 Å². The summed E-state index contributed by atoms with van der Waals surface area (Å²) in [4.78, 5) is 12.8.